The number of alkyl halides is 3. The molecule has 0 amide bonds. The van der Waals surface area contributed by atoms with Crippen LogP contribution in [0.5, 0.6) is 0 Å². The van der Waals surface area contributed by atoms with Crippen LogP contribution in [0.15, 0.2) is 16.5 Å². The highest BCUT2D eigenvalue weighted by Crippen LogP contribution is 2.33. The van der Waals surface area contributed by atoms with Gasteiger partial charge in [0.25, 0.3) is 0 Å². The van der Waals surface area contributed by atoms with Gasteiger partial charge in [0.2, 0.25) is 5.76 Å². The number of hydrogen-bond acceptors (Lipinski definition) is 2. The van der Waals surface area contributed by atoms with Crippen LogP contribution >= 0.6 is 0 Å². The summed E-state index contributed by atoms with van der Waals surface area (Å²) >= 11 is 0. The summed E-state index contributed by atoms with van der Waals surface area (Å²) in [6.07, 6.45) is -4.39. The van der Waals surface area contributed by atoms with Gasteiger partial charge in [-0.2, -0.15) is 13.2 Å². The topological polar surface area (TPSA) is 50.4 Å². The van der Waals surface area contributed by atoms with Crippen LogP contribution in [-0.2, 0) is 11.0 Å². The van der Waals surface area contributed by atoms with Gasteiger partial charge in [-0.25, -0.2) is 0 Å². The van der Waals surface area contributed by atoms with Gasteiger partial charge < -0.3 is 9.52 Å². The molecule has 3 nitrogen and oxygen atoms in total. The number of hydrogen-bond donors (Lipinski definition) is 1. The number of carbonyl (C=O) groups is 1. The zero-order valence-electron chi connectivity index (χ0n) is 7.84. The fourth-order valence-corrected chi connectivity index (χ4v) is 1.19. The van der Waals surface area contributed by atoms with Gasteiger partial charge >= 0.3 is 12.1 Å². The zero-order chi connectivity index (χ0) is 11.6. The first-order chi connectivity index (χ1) is 6.86. The van der Waals surface area contributed by atoms with E-state index in [-0.39, 0.29) is 12.2 Å². The molecule has 1 aromatic rings. The van der Waals surface area contributed by atoms with Gasteiger partial charge in [-0.05, 0) is 18.6 Å². The van der Waals surface area contributed by atoms with Crippen molar-refractivity contribution in [2.75, 3.05) is 0 Å². The molecule has 1 atom stereocenters. The maximum absolute atomic E-state index is 12.1. The van der Waals surface area contributed by atoms with E-state index in [1.54, 1.807) is 6.92 Å². The van der Waals surface area contributed by atoms with Crippen LogP contribution in [-0.4, -0.2) is 11.1 Å². The van der Waals surface area contributed by atoms with Crippen LogP contribution < -0.4 is 0 Å². The molecule has 1 unspecified atom stereocenters. The van der Waals surface area contributed by atoms with Crippen molar-refractivity contribution in [3.05, 3.63) is 23.7 Å². The number of halogens is 3. The third kappa shape index (κ3) is 2.51. The predicted molar refractivity (Wildman–Crippen MR) is 44.4 cm³/mol. The van der Waals surface area contributed by atoms with Gasteiger partial charge in [0, 0.05) is 0 Å². The molecule has 0 saturated carbocycles. The lowest BCUT2D eigenvalue weighted by molar-refractivity contribution is -0.154. The van der Waals surface area contributed by atoms with E-state index in [1.807, 2.05) is 0 Å². The van der Waals surface area contributed by atoms with Crippen molar-refractivity contribution < 1.29 is 27.5 Å². The minimum Gasteiger partial charge on any atom is -0.481 e. The molecule has 0 aliphatic heterocycles. The molecule has 0 aliphatic carbocycles. The van der Waals surface area contributed by atoms with E-state index < -0.39 is 23.8 Å². The highest BCUT2D eigenvalue weighted by atomic mass is 19.4. The number of carboxylic acid groups (broad SMARTS) is 1. The summed E-state index contributed by atoms with van der Waals surface area (Å²) < 4.78 is 40.8. The maximum atomic E-state index is 12.1. The molecule has 1 heterocycles. The third-order valence-electron chi connectivity index (χ3n) is 1.96. The Labute approximate surface area is 83.5 Å². The quantitative estimate of drug-likeness (QED) is 0.855. The first-order valence-electron chi connectivity index (χ1n) is 4.26. The van der Waals surface area contributed by atoms with Crippen LogP contribution in [0.4, 0.5) is 13.2 Å². The molecule has 84 valence electrons. The van der Waals surface area contributed by atoms with E-state index in [0.717, 1.165) is 12.1 Å². The average Bonchev–Trinajstić information content (AvgIpc) is 2.52. The maximum Gasteiger partial charge on any atom is 0.449 e. The molecule has 1 aromatic heterocycles. The van der Waals surface area contributed by atoms with Gasteiger partial charge in [0.1, 0.15) is 11.7 Å². The minimum absolute atomic E-state index is 0.169. The molecule has 0 spiro atoms. The molecule has 0 radical (unpaired) electrons. The lowest BCUT2D eigenvalue weighted by Gasteiger charge is -2.06. The smallest absolute Gasteiger partial charge is 0.449 e. The molecular formula is C9H9F3O3. The number of rotatable bonds is 3. The van der Waals surface area contributed by atoms with Crippen molar-refractivity contribution in [3.8, 4) is 0 Å². The average molecular weight is 222 g/mol. The van der Waals surface area contributed by atoms with Crippen molar-refractivity contribution in [2.45, 2.75) is 25.4 Å². The summed E-state index contributed by atoms with van der Waals surface area (Å²) in [5.74, 6) is -3.56. The zero-order valence-corrected chi connectivity index (χ0v) is 7.84. The molecule has 0 aliphatic rings. The van der Waals surface area contributed by atoms with Crippen molar-refractivity contribution in [1.82, 2.24) is 0 Å². The number of aliphatic carboxylic acids is 1. The Morgan fingerprint density at radius 1 is 1.53 bits per heavy atom. The van der Waals surface area contributed by atoms with E-state index in [4.69, 9.17) is 5.11 Å². The summed E-state index contributed by atoms with van der Waals surface area (Å²) in [6, 6.07) is 1.78. The van der Waals surface area contributed by atoms with Crippen molar-refractivity contribution >= 4 is 5.97 Å². The predicted octanol–water partition coefficient (Wildman–Crippen LogP) is 2.88. The van der Waals surface area contributed by atoms with Crippen LogP contribution in [0.1, 0.15) is 30.8 Å². The minimum atomic E-state index is -4.57. The van der Waals surface area contributed by atoms with Gasteiger partial charge in [0.05, 0.1) is 0 Å². The van der Waals surface area contributed by atoms with Crippen molar-refractivity contribution in [3.63, 3.8) is 0 Å². The van der Waals surface area contributed by atoms with E-state index in [1.165, 1.54) is 0 Å². The largest absolute Gasteiger partial charge is 0.481 e. The van der Waals surface area contributed by atoms with Crippen LogP contribution in [0.2, 0.25) is 0 Å². The summed E-state index contributed by atoms with van der Waals surface area (Å²) in [6.45, 7) is 1.56. The summed E-state index contributed by atoms with van der Waals surface area (Å²) in [4.78, 5) is 10.6. The normalized spacial score (nSPS) is 13.9. The van der Waals surface area contributed by atoms with Crippen molar-refractivity contribution in [1.29, 1.82) is 0 Å². The summed E-state index contributed by atoms with van der Waals surface area (Å²) in [7, 11) is 0. The molecule has 0 bridgehead atoms. The Hall–Kier alpha value is -1.46. The van der Waals surface area contributed by atoms with Crippen LogP contribution in [0, 0.1) is 0 Å². The van der Waals surface area contributed by atoms with Crippen LogP contribution in [0.25, 0.3) is 0 Å². The second-order valence-electron chi connectivity index (χ2n) is 3.00. The molecule has 1 rings (SSSR count). The summed E-state index contributed by atoms with van der Waals surface area (Å²) in [5, 5.41) is 8.70. The number of furan rings is 1. The van der Waals surface area contributed by atoms with Gasteiger partial charge in [0.15, 0.2) is 0 Å². The molecule has 6 heteroatoms. The SMILES string of the molecule is CCC(C(=O)O)c1ccc(C(F)(F)F)o1. The van der Waals surface area contributed by atoms with E-state index in [2.05, 4.69) is 4.42 Å². The highest BCUT2D eigenvalue weighted by Gasteiger charge is 2.36. The highest BCUT2D eigenvalue weighted by molar-refractivity contribution is 5.75. The Morgan fingerprint density at radius 3 is 2.47 bits per heavy atom. The third-order valence-corrected chi connectivity index (χ3v) is 1.96. The van der Waals surface area contributed by atoms with E-state index in [9.17, 15) is 18.0 Å². The fourth-order valence-electron chi connectivity index (χ4n) is 1.19. The van der Waals surface area contributed by atoms with E-state index >= 15 is 0 Å². The molecule has 0 aromatic carbocycles. The Morgan fingerprint density at radius 2 is 2.13 bits per heavy atom. The van der Waals surface area contributed by atoms with Gasteiger partial charge in [-0.1, -0.05) is 6.92 Å². The molecular weight excluding hydrogens is 213 g/mol. The lowest BCUT2D eigenvalue weighted by Crippen LogP contribution is -2.09. The Kier molecular flexibility index (Phi) is 3.06. The number of carboxylic acids is 1. The second-order valence-corrected chi connectivity index (χ2v) is 3.00. The first-order valence-corrected chi connectivity index (χ1v) is 4.26. The molecule has 0 fully saturated rings. The van der Waals surface area contributed by atoms with Gasteiger partial charge in [-0.3, -0.25) is 4.79 Å². The Balaban J connectivity index is 2.97. The fraction of sp³-hybridized carbons (Fsp3) is 0.444. The molecule has 15 heavy (non-hydrogen) atoms. The second kappa shape index (κ2) is 3.96. The van der Waals surface area contributed by atoms with Crippen molar-refractivity contribution in [2.24, 2.45) is 0 Å². The molecule has 1 N–H and O–H groups in total. The van der Waals surface area contributed by atoms with E-state index in [0.29, 0.717) is 0 Å². The Bertz CT molecular complexity index is 354. The standard InChI is InChI=1S/C9H9F3O3/c1-2-5(8(13)14)6-3-4-7(15-6)9(10,11)12/h3-5H,2H2,1H3,(H,13,14). The summed E-state index contributed by atoms with van der Waals surface area (Å²) in [5.41, 5.74) is 0. The van der Waals surface area contributed by atoms with Gasteiger partial charge in [-0.15, -0.1) is 0 Å². The van der Waals surface area contributed by atoms with Crippen LogP contribution in [0.3, 0.4) is 0 Å². The monoisotopic (exact) mass is 222 g/mol. The first kappa shape index (κ1) is 11.6. The lowest BCUT2D eigenvalue weighted by atomic mass is 10.0. The molecule has 0 saturated heterocycles.